The first-order valence-corrected chi connectivity index (χ1v) is 6.67. The molecule has 0 bridgehead atoms. The molecule has 1 aliphatic rings. The van der Waals surface area contributed by atoms with Crippen molar-refractivity contribution in [3.63, 3.8) is 0 Å². The van der Waals surface area contributed by atoms with Crippen LogP contribution in [0.5, 0.6) is 0 Å². The summed E-state index contributed by atoms with van der Waals surface area (Å²) < 4.78 is 0. The number of fused-ring (bicyclic) bond motifs is 1. The van der Waals surface area contributed by atoms with Crippen LogP contribution in [0.2, 0.25) is 0 Å². The highest BCUT2D eigenvalue weighted by atomic mass is 16.1. The summed E-state index contributed by atoms with van der Waals surface area (Å²) in [7, 11) is 0. The van der Waals surface area contributed by atoms with Crippen LogP contribution in [-0.4, -0.2) is 40.5 Å². The lowest BCUT2D eigenvalue weighted by Crippen LogP contribution is -2.49. The Morgan fingerprint density at radius 1 is 1.42 bits per heavy atom. The average Bonchev–Trinajstić information content (AvgIpc) is 2.42. The highest BCUT2D eigenvalue weighted by Gasteiger charge is 2.18. The molecule has 19 heavy (non-hydrogen) atoms. The maximum absolute atomic E-state index is 12.0. The summed E-state index contributed by atoms with van der Waals surface area (Å²) in [6, 6.07) is 7.92. The van der Waals surface area contributed by atoms with Gasteiger partial charge in [-0.3, -0.25) is 9.69 Å². The van der Waals surface area contributed by atoms with Gasteiger partial charge in [-0.2, -0.15) is 0 Å². The summed E-state index contributed by atoms with van der Waals surface area (Å²) in [5.74, 6) is 0.748. The molecule has 5 heteroatoms. The van der Waals surface area contributed by atoms with Gasteiger partial charge >= 0.3 is 0 Å². The fourth-order valence-corrected chi connectivity index (χ4v) is 2.52. The van der Waals surface area contributed by atoms with E-state index in [4.69, 9.17) is 0 Å². The number of hydrogen-bond acceptors (Lipinski definition) is 4. The summed E-state index contributed by atoms with van der Waals surface area (Å²) in [6.45, 7) is 5.84. The molecule has 1 aliphatic heterocycles. The first kappa shape index (κ1) is 12.3. The molecule has 1 aromatic carbocycles. The van der Waals surface area contributed by atoms with Crippen LogP contribution < -0.4 is 10.9 Å². The number of piperazine rings is 1. The van der Waals surface area contributed by atoms with Gasteiger partial charge in [0.1, 0.15) is 5.82 Å². The van der Waals surface area contributed by atoms with E-state index < -0.39 is 0 Å². The normalized spacial score (nSPS) is 20.8. The van der Waals surface area contributed by atoms with Crippen molar-refractivity contribution in [3.8, 4) is 0 Å². The number of benzene rings is 1. The molecule has 1 fully saturated rings. The monoisotopic (exact) mass is 258 g/mol. The van der Waals surface area contributed by atoms with Crippen molar-refractivity contribution in [1.82, 2.24) is 20.2 Å². The predicted octanol–water partition coefficient (Wildman–Crippen LogP) is 0.717. The Labute approximate surface area is 111 Å². The van der Waals surface area contributed by atoms with Crippen LogP contribution in [0.3, 0.4) is 0 Å². The Balaban J connectivity index is 1.91. The van der Waals surface area contributed by atoms with E-state index in [9.17, 15) is 4.79 Å². The third kappa shape index (κ3) is 2.52. The topological polar surface area (TPSA) is 61.0 Å². The van der Waals surface area contributed by atoms with Gasteiger partial charge in [-0.25, -0.2) is 4.98 Å². The zero-order chi connectivity index (χ0) is 13.2. The van der Waals surface area contributed by atoms with Gasteiger partial charge in [0.25, 0.3) is 5.56 Å². The molecule has 0 radical (unpaired) electrons. The zero-order valence-electron chi connectivity index (χ0n) is 11.0. The van der Waals surface area contributed by atoms with Gasteiger partial charge in [-0.05, 0) is 19.1 Å². The van der Waals surface area contributed by atoms with E-state index in [1.165, 1.54) is 0 Å². The Morgan fingerprint density at radius 2 is 2.26 bits per heavy atom. The third-order valence-corrected chi connectivity index (χ3v) is 3.65. The minimum absolute atomic E-state index is 0.0524. The standard InChI is InChI=1S/C14H18N4O/c1-10-8-15-6-7-18(10)9-13-16-12-5-3-2-4-11(12)14(19)17-13/h2-5,10,15H,6-9H2,1H3,(H,16,17,19)/t10-/m1/s1. The molecule has 0 spiro atoms. The van der Waals surface area contributed by atoms with Gasteiger partial charge in [0, 0.05) is 25.7 Å². The van der Waals surface area contributed by atoms with Crippen LogP contribution in [0, 0.1) is 0 Å². The number of H-pyrrole nitrogens is 1. The molecule has 0 saturated carbocycles. The molecule has 2 heterocycles. The fourth-order valence-electron chi connectivity index (χ4n) is 2.52. The second kappa shape index (κ2) is 5.11. The summed E-state index contributed by atoms with van der Waals surface area (Å²) in [6.07, 6.45) is 0. The molecule has 3 rings (SSSR count). The molecule has 1 atom stereocenters. The van der Waals surface area contributed by atoms with Crippen LogP contribution >= 0.6 is 0 Å². The highest BCUT2D eigenvalue weighted by molar-refractivity contribution is 5.77. The number of aromatic nitrogens is 2. The predicted molar refractivity (Wildman–Crippen MR) is 75.1 cm³/mol. The summed E-state index contributed by atoms with van der Waals surface area (Å²) in [4.78, 5) is 21.8. The van der Waals surface area contributed by atoms with Gasteiger partial charge in [-0.1, -0.05) is 12.1 Å². The Morgan fingerprint density at radius 3 is 3.11 bits per heavy atom. The quantitative estimate of drug-likeness (QED) is 0.833. The van der Waals surface area contributed by atoms with E-state index in [0.717, 1.165) is 31.0 Å². The first-order chi connectivity index (χ1) is 9.24. The van der Waals surface area contributed by atoms with Crippen LogP contribution in [0.15, 0.2) is 29.1 Å². The molecule has 5 nitrogen and oxygen atoms in total. The number of nitrogens with zero attached hydrogens (tertiary/aromatic N) is 2. The smallest absolute Gasteiger partial charge is 0.258 e. The van der Waals surface area contributed by atoms with Crippen LogP contribution in [0.4, 0.5) is 0 Å². The summed E-state index contributed by atoms with van der Waals surface area (Å²) in [5.41, 5.74) is 0.715. The van der Waals surface area contributed by atoms with Crippen LogP contribution in [0.1, 0.15) is 12.7 Å². The molecule has 0 unspecified atom stereocenters. The van der Waals surface area contributed by atoms with E-state index in [2.05, 4.69) is 27.1 Å². The van der Waals surface area contributed by atoms with Crippen molar-refractivity contribution in [2.45, 2.75) is 19.5 Å². The van der Waals surface area contributed by atoms with Crippen molar-refractivity contribution < 1.29 is 0 Å². The summed E-state index contributed by atoms with van der Waals surface area (Å²) >= 11 is 0. The minimum Gasteiger partial charge on any atom is -0.314 e. The van der Waals surface area contributed by atoms with Gasteiger partial charge in [-0.15, -0.1) is 0 Å². The zero-order valence-corrected chi connectivity index (χ0v) is 11.0. The van der Waals surface area contributed by atoms with Gasteiger partial charge in [0.05, 0.1) is 17.4 Å². The second-order valence-corrected chi connectivity index (χ2v) is 5.05. The number of rotatable bonds is 2. The molecule has 1 aromatic heterocycles. The highest BCUT2D eigenvalue weighted by Crippen LogP contribution is 2.09. The largest absolute Gasteiger partial charge is 0.314 e. The lowest BCUT2D eigenvalue weighted by atomic mass is 10.2. The van der Waals surface area contributed by atoms with E-state index in [1.54, 1.807) is 6.07 Å². The lowest BCUT2D eigenvalue weighted by Gasteiger charge is -2.33. The maximum Gasteiger partial charge on any atom is 0.258 e. The van der Waals surface area contributed by atoms with E-state index in [-0.39, 0.29) is 5.56 Å². The lowest BCUT2D eigenvalue weighted by molar-refractivity contribution is 0.162. The first-order valence-electron chi connectivity index (χ1n) is 6.67. The van der Waals surface area contributed by atoms with Crippen molar-refractivity contribution >= 4 is 10.9 Å². The van der Waals surface area contributed by atoms with Gasteiger partial charge < -0.3 is 10.3 Å². The van der Waals surface area contributed by atoms with Crippen molar-refractivity contribution in [2.24, 2.45) is 0 Å². The Bertz CT molecular complexity index is 637. The SMILES string of the molecule is C[C@@H]1CNCCN1Cc1nc2ccccc2c(=O)[nH]1. The Hall–Kier alpha value is -1.72. The van der Waals surface area contributed by atoms with Crippen molar-refractivity contribution in [2.75, 3.05) is 19.6 Å². The molecule has 2 N–H and O–H groups in total. The number of nitrogens with one attached hydrogen (secondary N) is 2. The van der Waals surface area contributed by atoms with E-state index >= 15 is 0 Å². The third-order valence-electron chi connectivity index (χ3n) is 3.65. The molecule has 1 saturated heterocycles. The molecule has 0 amide bonds. The van der Waals surface area contributed by atoms with Crippen LogP contribution in [-0.2, 0) is 6.54 Å². The maximum atomic E-state index is 12.0. The van der Waals surface area contributed by atoms with E-state index in [0.29, 0.717) is 18.0 Å². The van der Waals surface area contributed by atoms with Crippen molar-refractivity contribution in [3.05, 3.63) is 40.4 Å². The van der Waals surface area contributed by atoms with Gasteiger partial charge in [0.15, 0.2) is 0 Å². The average molecular weight is 258 g/mol. The molecule has 2 aromatic rings. The van der Waals surface area contributed by atoms with Gasteiger partial charge in [0.2, 0.25) is 0 Å². The number of para-hydroxylation sites is 1. The van der Waals surface area contributed by atoms with E-state index in [1.807, 2.05) is 18.2 Å². The molecule has 100 valence electrons. The second-order valence-electron chi connectivity index (χ2n) is 5.05. The van der Waals surface area contributed by atoms with Crippen LogP contribution in [0.25, 0.3) is 10.9 Å². The minimum atomic E-state index is -0.0524. The fraction of sp³-hybridized carbons (Fsp3) is 0.429. The molecule has 0 aliphatic carbocycles. The molecular formula is C14H18N4O. The van der Waals surface area contributed by atoms with Crippen molar-refractivity contribution in [1.29, 1.82) is 0 Å². The number of hydrogen-bond donors (Lipinski definition) is 2. The molecular weight excluding hydrogens is 240 g/mol. The summed E-state index contributed by atoms with van der Waals surface area (Å²) in [5, 5.41) is 4.01. The Kier molecular flexibility index (Phi) is 3.31. The number of aromatic amines is 1.